The minimum Gasteiger partial charge on any atom is -0.491 e. The van der Waals surface area contributed by atoms with Crippen LogP contribution in [0.3, 0.4) is 0 Å². The highest BCUT2D eigenvalue weighted by Crippen LogP contribution is 2.37. The lowest BCUT2D eigenvalue weighted by Crippen LogP contribution is -2.23. The maximum atomic E-state index is 14.6. The van der Waals surface area contributed by atoms with Gasteiger partial charge in [0.25, 0.3) is 20.2 Å². The Labute approximate surface area is 258 Å². The van der Waals surface area contributed by atoms with Crippen LogP contribution >= 0.6 is 0 Å². The Kier molecular flexibility index (Phi) is 11.3. The molecular formula is C33H34O9S2. The van der Waals surface area contributed by atoms with Gasteiger partial charge in [-0.25, -0.2) is 0 Å². The van der Waals surface area contributed by atoms with E-state index in [1.165, 1.54) is 0 Å². The zero-order chi connectivity index (χ0) is 31.6. The largest absolute Gasteiger partial charge is 0.491 e. The summed E-state index contributed by atoms with van der Waals surface area (Å²) in [6, 6.07) is 33.4. The molecule has 0 aliphatic carbocycles. The van der Waals surface area contributed by atoms with Crippen LogP contribution in [0, 0.1) is 0 Å². The van der Waals surface area contributed by atoms with Crippen molar-refractivity contribution in [2.75, 3.05) is 38.9 Å². The molecule has 232 valence electrons. The van der Waals surface area contributed by atoms with E-state index in [2.05, 4.69) is 0 Å². The van der Waals surface area contributed by atoms with Crippen LogP contribution in [-0.2, 0) is 33.4 Å². The van der Waals surface area contributed by atoms with Crippen molar-refractivity contribution in [1.29, 1.82) is 0 Å². The van der Waals surface area contributed by atoms with Gasteiger partial charge >= 0.3 is 0 Å². The molecule has 0 saturated heterocycles. The van der Waals surface area contributed by atoms with Crippen LogP contribution < -0.4 is 9.47 Å². The molecule has 0 radical (unpaired) electrons. The summed E-state index contributed by atoms with van der Waals surface area (Å²) >= 11 is 0. The molecule has 9 nitrogen and oxygen atoms in total. The van der Waals surface area contributed by atoms with Gasteiger partial charge in [-0.1, -0.05) is 84.9 Å². The molecule has 0 saturated carbocycles. The van der Waals surface area contributed by atoms with Gasteiger partial charge < -0.3 is 9.47 Å². The SMILES string of the molecule is CS(=O)(=O)OCCOc1ccc(C(C(=O)C(c2ccccc2)c2ccc(OCCOS(C)(=O)=O)cc2)c2ccccc2)cc1. The average molecular weight is 639 g/mol. The second-order valence-electron chi connectivity index (χ2n) is 9.98. The van der Waals surface area contributed by atoms with E-state index in [0.29, 0.717) is 11.5 Å². The molecule has 4 rings (SSSR count). The van der Waals surface area contributed by atoms with Crippen molar-refractivity contribution in [1.82, 2.24) is 0 Å². The molecule has 0 bridgehead atoms. The lowest BCUT2D eigenvalue weighted by molar-refractivity contribution is -0.120. The Bertz CT molecular complexity index is 1580. The Hall–Kier alpha value is -4.03. The third kappa shape index (κ3) is 10.0. The van der Waals surface area contributed by atoms with Crippen molar-refractivity contribution in [3.8, 4) is 11.5 Å². The van der Waals surface area contributed by atoms with Gasteiger partial charge in [-0.15, -0.1) is 0 Å². The molecule has 0 aliphatic rings. The molecule has 4 aromatic carbocycles. The fourth-order valence-electron chi connectivity index (χ4n) is 4.70. The number of carbonyl (C=O) groups excluding carboxylic acids is 1. The van der Waals surface area contributed by atoms with Gasteiger partial charge in [0.1, 0.15) is 37.9 Å². The third-order valence-electron chi connectivity index (χ3n) is 6.56. The molecule has 0 aromatic heterocycles. The van der Waals surface area contributed by atoms with Gasteiger partial charge in [0.05, 0.1) is 24.3 Å². The van der Waals surface area contributed by atoms with Gasteiger partial charge in [-0.2, -0.15) is 16.8 Å². The summed E-state index contributed by atoms with van der Waals surface area (Å²) in [5.41, 5.74) is 3.21. The number of ketones is 1. The summed E-state index contributed by atoms with van der Waals surface area (Å²) in [6.45, 7) is -0.118. The van der Waals surface area contributed by atoms with Crippen LogP contribution in [0.15, 0.2) is 109 Å². The molecule has 0 N–H and O–H groups in total. The maximum absolute atomic E-state index is 14.6. The first-order chi connectivity index (χ1) is 21.0. The van der Waals surface area contributed by atoms with E-state index < -0.39 is 32.1 Å². The van der Waals surface area contributed by atoms with Crippen molar-refractivity contribution >= 4 is 26.0 Å². The van der Waals surface area contributed by atoms with Crippen LogP contribution in [0.1, 0.15) is 34.1 Å². The molecule has 0 fully saturated rings. The molecule has 0 amide bonds. The first-order valence-electron chi connectivity index (χ1n) is 13.8. The quantitative estimate of drug-likeness (QED) is 0.124. The molecular weight excluding hydrogens is 604 g/mol. The predicted molar refractivity (Wildman–Crippen MR) is 167 cm³/mol. The van der Waals surface area contributed by atoms with E-state index in [1.807, 2.05) is 84.9 Å². The van der Waals surface area contributed by atoms with Crippen LogP contribution in [0.2, 0.25) is 0 Å². The second kappa shape index (κ2) is 15.1. The summed E-state index contributed by atoms with van der Waals surface area (Å²) in [6.07, 6.45) is 1.96. The van der Waals surface area contributed by atoms with E-state index in [1.54, 1.807) is 24.3 Å². The molecule has 0 spiro atoms. The van der Waals surface area contributed by atoms with Gasteiger partial charge in [0.15, 0.2) is 5.78 Å². The van der Waals surface area contributed by atoms with E-state index in [9.17, 15) is 21.6 Å². The average Bonchev–Trinajstić information content (AvgIpc) is 2.99. The fourth-order valence-corrected chi connectivity index (χ4v) is 5.44. The number of ether oxygens (including phenoxy) is 2. The highest BCUT2D eigenvalue weighted by Gasteiger charge is 2.32. The molecule has 4 aromatic rings. The van der Waals surface area contributed by atoms with Gasteiger partial charge in [0, 0.05) is 0 Å². The standard InChI is InChI=1S/C33H34O9S2/c1-43(35,36)41-23-21-39-29-17-13-27(14-18-29)31(25-9-5-3-6-10-25)33(34)32(26-11-7-4-8-12-26)28-15-19-30(20-16-28)40-22-24-42-44(2,37)38/h3-20,31-32H,21-24H2,1-2H3. The number of benzene rings is 4. The normalized spacial score (nSPS) is 13.1. The van der Waals surface area contributed by atoms with Crippen molar-refractivity contribution in [2.24, 2.45) is 0 Å². The van der Waals surface area contributed by atoms with Gasteiger partial charge in [-0.05, 0) is 46.5 Å². The molecule has 44 heavy (non-hydrogen) atoms. The van der Waals surface area contributed by atoms with E-state index in [4.69, 9.17) is 17.8 Å². The van der Waals surface area contributed by atoms with Crippen LogP contribution in [-0.4, -0.2) is 61.6 Å². The monoisotopic (exact) mass is 638 g/mol. The molecule has 0 aliphatic heterocycles. The van der Waals surface area contributed by atoms with Crippen molar-refractivity contribution in [2.45, 2.75) is 11.8 Å². The molecule has 2 unspecified atom stereocenters. The summed E-state index contributed by atoms with van der Waals surface area (Å²) < 4.78 is 65.4. The first kappa shape index (κ1) is 32.9. The lowest BCUT2D eigenvalue weighted by atomic mass is 9.77. The smallest absolute Gasteiger partial charge is 0.264 e. The van der Waals surface area contributed by atoms with Crippen LogP contribution in [0.5, 0.6) is 11.5 Å². The van der Waals surface area contributed by atoms with Gasteiger partial charge in [-0.3, -0.25) is 13.2 Å². The maximum Gasteiger partial charge on any atom is 0.264 e. The first-order valence-corrected chi connectivity index (χ1v) is 17.4. The molecule has 11 heteroatoms. The Morgan fingerprint density at radius 3 is 1.14 bits per heavy atom. The highest BCUT2D eigenvalue weighted by atomic mass is 32.2. The minimum atomic E-state index is -3.55. The number of carbonyl (C=O) groups is 1. The topological polar surface area (TPSA) is 122 Å². The summed E-state index contributed by atoms with van der Waals surface area (Å²) in [5, 5.41) is 0. The Morgan fingerprint density at radius 2 is 0.818 bits per heavy atom. The Morgan fingerprint density at radius 1 is 0.500 bits per heavy atom. The second-order valence-corrected chi connectivity index (χ2v) is 13.3. The predicted octanol–water partition coefficient (Wildman–Crippen LogP) is 4.93. The lowest BCUT2D eigenvalue weighted by Gasteiger charge is -2.25. The number of Topliss-reactive ketones (excluding diaryl/α,β-unsaturated/α-hetero) is 1. The number of rotatable bonds is 16. The third-order valence-corrected chi connectivity index (χ3v) is 7.75. The summed E-state index contributed by atoms with van der Waals surface area (Å²) in [4.78, 5) is 14.6. The highest BCUT2D eigenvalue weighted by molar-refractivity contribution is 7.86. The minimum absolute atomic E-state index is 0.0344. The summed E-state index contributed by atoms with van der Waals surface area (Å²) in [5.74, 6) is -0.210. The number of hydrogen-bond acceptors (Lipinski definition) is 9. The van der Waals surface area contributed by atoms with Crippen LogP contribution in [0.4, 0.5) is 0 Å². The fraction of sp³-hybridized carbons (Fsp3) is 0.242. The van der Waals surface area contributed by atoms with Crippen molar-refractivity contribution in [3.05, 3.63) is 131 Å². The van der Waals surface area contributed by atoms with Crippen LogP contribution in [0.25, 0.3) is 0 Å². The Balaban J connectivity index is 1.60. The zero-order valence-corrected chi connectivity index (χ0v) is 26.0. The molecule has 0 heterocycles. The summed E-state index contributed by atoms with van der Waals surface area (Å²) in [7, 11) is -7.11. The van der Waals surface area contributed by atoms with Gasteiger partial charge in [0.2, 0.25) is 0 Å². The van der Waals surface area contributed by atoms with E-state index in [-0.39, 0.29) is 32.2 Å². The van der Waals surface area contributed by atoms with E-state index >= 15 is 0 Å². The zero-order valence-electron chi connectivity index (χ0n) is 24.4. The van der Waals surface area contributed by atoms with Crippen molar-refractivity contribution < 1.29 is 39.5 Å². The molecule has 2 atom stereocenters. The van der Waals surface area contributed by atoms with Crippen molar-refractivity contribution in [3.63, 3.8) is 0 Å². The van der Waals surface area contributed by atoms with E-state index in [0.717, 1.165) is 34.8 Å². The number of hydrogen-bond donors (Lipinski definition) is 0.